The Morgan fingerprint density at radius 3 is 2.65 bits per heavy atom. The summed E-state index contributed by atoms with van der Waals surface area (Å²) in [5.74, 6) is 1.65. The van der Waals surface area contributed by atoms with Crippen LogP contribution in [0.25, 0.3) is 10.9 Å². The molecule has 1 N–H and O–H groups in total. The fourth-order valence-electron chi connectivity index (χ4n) is 4.60. The molecule has 2 aromatic carbocycles. The molecule has 9 heteroatoms. The largest absolute Gasteiger partial charge is 0.497 e. The molecule has 1 aliphatic heterocycles. The number of aromatic amines is 1. The highest BCUT2D eigenvalue weighted by Gasteiger charge is 2.32. The molecule has 176 valence electrons. The molecule has 0 saturated carbocycles. The van der Waals surface area contributed by atoms with Crippen LogP contribution in [0.1, 0.15) is 42.8 Å². The lowest BCUT2D eigenvalue weighted by Gasteiger charge is -2.35. The zero-order chi connectivity index (χ0) is 23.7. The molecular weight excluding hydrogens is 435 g/mol. The summed E-state index contributed by atoms with van der Waals surface area (Å²) < 4.78 is 20.5. The number of aromatic nitrogens is 5. The van der Waals surface area contributed by atoms with Crippen molar-refractivity contribution in [1.29, 1.82) is 0 Å². The number of fused-ring (bicyclic) bond motifs is 1. The number of hydrogen-bond acceptors (Lipinski definition) is 6. The number of hydrogen-bond donors (Lipinski definition) is 1. The third-order valence-electron chi connectivity index (χ3n) is 6.61. The highest BCUT2D eigenvalue weighted by molar-refractivity contribution is 5.80. The smallest absolute Gasteiger partial charge is 0.253 e. The van der Waals surface area contributed by atoms with Gasteiger partial charge in [-0.15, -0.1) is 5.10 Å². The Labute approximate surface area is 196 Å². The minimum Gasteiger partial charge on any atom is -0.497 e. The molecule has 1 atom stereocenters. The van der Waals surface area contributed by atoms with Gasteiger partial charge in [-0.3, -0.25) is 9.69 Å². The minimum absolute atomic E-state index is 0.169. The van der Waals surface area contributed by atoms with E-state index in [0.717, 1.165) is 48.1 Å². The lowest BCUT2D eigenvalue weighted by Crippen LogP contribution is -2.40. The van der Waals surface area contributed by atoms with Crippen LogP contribution in [-0.4, -0.2) is 50.3 Å². The lowest BCUT2D eigenvalue weighted by atomic mass is 9.95. The number of nitrogens with one attached hydrogen (secondary N) is 1. The number of H-pyrrole nitrogens is 1. The molecular formula is C25H27FN6O2. The van der Waals surface area contributed by atoms with Gasteiger partial charge in [0.15, 0.2) is 5.82 Å². The number of likely N-dealkylation sites (tertiary alicyclic amines) is 1. The topological polar surface area (TPSA) is 88.9 Å². The molecule has 0 spiro atoms. The van der Waals surface area contributed by atoms with Crippen LogP contribution < -0.4 is 10.3 Å². The van der Waals surface area contributed by atoms with Crippen LogP contribution in [0.4, 0.5) is 4.39 Å². The zero-order valence-corrected chi connectivity index (χ0v) is 19.2. The molecule has 8 nitrogen and oxygen atoms in total. The Morgan fingerprint density at radius 1 is 1.15 bits per heavy atom. The Morgan fingerprint density at radius 2 is 1.91 bits per heavy atom. The Kier molecular flexibility index (Phi) is 6.10. The van der Waals surface area contributed by atoms with Crippen molar-refractivity contribution in [1.82, 2.24) is 30.1 Å². The van der Waals surface area contributed by atoms with Crippen LogP contribution in [0, 0.1) is 11.7 Å². The first-order valence-corrected chi connectivity index (χ1v) is 11.5. The standard InChI is InChI=1S/C25H27FN6O2/c1-16-9-11-31(12-10-16)23(21-14-18-13-20(34-2)7-8-22(18)27-25(21)33)24-28-29-30-32(24)15-17-3-5-19(26)6-4-17/h3-8,13-14,16,23H,9-12,15H2,1-2H3,(H,27,33). The van der Waals surface area contributed by atoms with Crippen molar-refractivity contribution in [3.05, 3.63) is 81.7 Å². The maximum atomic E-state index is 13.4. The van der Waals surface area contributed by atoms with Crippen LogP contribution in [-0.2, 0) is 6.54 Å². The average Bonchev–Trinajstić information content (AvgIpc) is 3.29. The van der Waals surface area contributed by atoms with E-state index < -0.39 is 6.04 Å². The van der Waals surface area contributed by atoms with Gasteiger partial charge in [-0.05, 0) is 84.2 Å². The molecule has 1 aliphatic rings. The van der Waals surface area contributed by atoms with Crippen molar-refractivity contribution < 1.29 is 9.13 Å². The SMILES string of the molecule is COc1ccc2[nH]c(=O)c(C(c3nnnn3Cc3ccc(F)cc3)N3CCC(C)CC3)cc2c1. The van der Waals surface area contributed by atoms with E-state index in [1.165, 1.54) is 12.1 Å². The van der Waals surface area contributed by atoms with Crippen LogP contribution in [0.15, 0.2) is 53.3 Å². The van der Waals surface area contributed by atoms with Crippen LogP contribution in [0.3, 0.4) is 0 Å². The van der Waals surface area contributed by atoms with Gasteiger partial charge in [0.1, 0.15) is 17.6 Å². The molecule has 34 heavy (non-hydrogen) atoms. The maximum Gasteiger partial charge on any atom is 0.253 e. The second-order valence-electron chi connectivity index (χ2n) is 8.95. The third kappa shape index (κ3) is 4.43. The normalized spacial score (nSPS) is 16.1. The van der Waals surface area contributed by atoms with Gasteiger partial charge in [-0.2, -0.15) is 0 Å². The summed E-state index contributed by atoms with van der Waals surface area (Å²) in [5.41, 5.74) is 2.03. The molecule has 0 amide bonds. The van der Waals surface area contributed by atoms with E-state index in [9.17, 15) is 9.18 Å². The first kappa shape index (κ1) is 22.2. The summed E-state index contributed by atoms with van der Waals surface area (Å²) in [5, 5.41) is 13.4. The van der Waals surface area contributed by atoms with E-state index >= 15 is 0 Å². The number of methoxy groups -OCH3 is 1. The van der Waals surface area contributed by atoms with E-state index in [4.69, 9.17) is 4.74 Å². The van der Waals surface area contributed by atoms with Gasteiger partial charge in [0.2, 0.25) is 0 Å². The number of nitrogens with zero attached hydrogens (tertiary/aromatic N) is 5. The molecule has 5 rings (SSSR count). The van der Waals surface area contributed by atoms with Gasteiger partial charge in [0.05, 0.1) is 13.7 Å². The van der Waals surface area contributed by atoms with Crippen LogP contribution >= 0.6 is 0 Å². The predicted molar refractivity (Wildman–Crippen MR) is 126 cm³/mol. The van der Waals surface area contributed by atoms with Crippen molar-refractivity contribution in [2.75, 3.05) is 20.2 Å². The van der Waals surface area contributed by atoms with E-state index in [1.54, 1.807) is 23.9 Å². The van der Waals surface area contributed by atoms with Crippen molar-refractivity contribution >= 4 is 10.9 Å². The van der Waals surface area contributed by atoms with Gasteiger partial charge in [0.25, 0.3) is 5.56 Å². The molecule has 0 aliphatic carbocycles. The summed E-state index contributed by atoms with van der Waals surface area (Å²) in [4.78, 5) is 18.6. The molecule has 0 radical (unpaired) electrons. The minimum atomic E-state index is -0.415. The summed E-state index contributed by atoms with van der Waals surface area (Å²) in [7, 11) is 1.62. The number of ether oxygens (including phenoxy) is 1. The first-order valence-electron chi connectivity index (χ1n) is 11.5. The maximum absolute atomic E-state index is 13.4. The fourth-order valence-corrected chi connectivity index (χ4v) is 4.60. The van der Waals surface area contributed by atoms with Gasteiger partial charge in [-0.25, -0.2) is 9.07 Å². The predicted octanol–water partition coefficient (Wildman–Crippen LogP) is 3.53. The summed E-state index contributed by atoms with van der Waals surface area (Å²) in [6.07, 6.45) is 2.07. The van der Waals surface area contributed by atoms with E-state index in [2.05, 4.69) is 32.3 Å². The Hall–Kier alpha value is -3.59. The fraction of sp³-hybridized carbons (Fsp3) is 0.360. The molecule has 4 aromatic rings. The van der Waals surface area contributed by atoms with Crippen molar-refractivity contribution in [2.45, 2.75) is 32.4 Å². The Balaban J connectivity index is 1.60. The number of piperidine rings is 1. The monoisotopic (exact) mass is 462 g/mol. The van der Waals surface area contributed by atoms with Crippen LogP contribution in [0.2, 0.25) is 0 Å². The van der Waals surface area contributed by atoms with Crippen molar-refractivity contribution in [2.24, 2.45) is 5.92 Å². The molecule has 1 unspecified atom stereocenters. The number of pyridine rings is 1. The van der Waals surface area contributed by atoms with Crippen molar-refractivity contribution in [3.8, 4) is 5.75 Å². The molecule has 1 fully saturated rings. The number of tetrazole rings is 1. The second-order valence-corrected chi connectivity index (χ2v) is 8.95. The average molecular weight is 463 g/mol. The lowest BCUT2D eigenvalue weighted by molar-refractivity contribution is 0.149. The number of halogens is 1. The molecule has 3 heterocycles. The highest BCUT2D eigenvalue weighted by Crippen LogP contribution is 2.31. The van der Waals surface area contributed by atoms with E-state index in [-0.39, 0.29) is 11.4 Å². The third-order valence-corrected chi connectivity index (χ3v) is 6.61. The molecule has 1 saturated heterocycles. The Bertz CT molecular complexity index is 1340. The van der Waals surface area contributed by atoms with E-state index in [1.807, 2.05) is 24.3 Å². The second kappa shape index (κ2) is 9.34. The molecule has 2 aromatic heterocycles. The van der Waals surface area contributed by atoms with Gasteiger partial charge in [-0.1, -0.05) is 19.1 Å². The molecule has 0 bridgehead atoms. The van der Waals surface area contributed by atoms with Crippen molar-refractivity contribution in [3.63, 3.8) is 0 Å². The number of benzene rings is 2. The summed E-state index contributed by atoms with van der Waals surface area (Å²) in [6.45, 7) is 4.30. The van der Waals surface area contributed by atoms with E-state index in [0.29, 0.717) is 23.9 Å². The summed E-state index contributed by atoms with van der Waals surface area (Å²) >= 11 is 0. The zero-order valence-electron chi connectivity index (χ0n) is 19.2. The highest BCUT2D eigenvalue weighted by atomic mass is 19.1. The quantitative estimate of drug-likeness (QED) is 0.472. The summed E-state index contributed by atoms with van der Waals surface area (Å²) in [6, 6.07) is 13.3. The van der Waals surface area contributed by atoms with Crippen LogP contribution in [0.5, 0.6) is 5.75 Å². The van der Waals surface area contributed by atoms with Gasteiger partial charge >= 0.3 is 0 Å². The van der Waals surface area contributed by atoms with Gasteiger partial charge < -0.3 is 9.72 Å². The number of rotatable bonds is 6. The first-order chi connectivity index (χ1) is 16.5. The van der Waals surface area contributed by atoms with Gasteiger partial charge in [0, 0.05) is 16.5 Å².